The van der Waals surface area contributed by atoms with Crippen molar-refractivity contribution < 1.29 is 14.0 Å². The van der Waals surface area contributed by atoms with Crippen LogP contribution in [-0.4, -0.2) is 33.0 Å². The highest BCUT2D eigenvalue weighted by Gasteiger charge is 2.58. The van der Waals surface area contributed by atoms with E-state index < -0.39 is 8.32 Å². The van der Waals surface area contributed by atoms with Crippen molar-refractivity contribution in [2.45, 2.75) is 123 Å². The summed E-state index contributed by atoms with van der Waals surface area (Å²) in [6, 6.07) is 0. The fourth-order valence-corrected chi connectivity index (χ4v) is 8.72. The van der Waals surface area contributed by atoms with Gasteiger partial charge in [-0.05, 0) is 91.8 Å². The van der Waals surface area contributed by atoms with E-state index in [2.05, 4.69) is 64.3 Å². The number of nitrogens with zero attached hydrogens (tertiary/aromatic N) is 3. The van der Waals surface area contributed by atoms with Gasteiger partial charge in [0.25, 0.3) is 0 Å². The lowest BCUT2D eigenvalue weighted by Gasteiger charge is -2.57. The molecule has 0 aromatic rings. The Hall–Kier alpha value is -1.30. The Balaban J connectivity index is 1.90. The maximum Gasteiger partial charge on any atom is 0.302 e. The molecule has 0 heterocycles. The first kappa shape index (κ1) is 28.3. The third-order valence-corrected chi connectivity index (χ3v) is 15.2. The van der Waals surface area contributed by atoms with E-state index in [9.17, 15) is 4.79 Å². The molecule has 198 valence electrons. The summed E-state index contributed by atoms with van der Waals surface area (Å²) in [6.07, 6.45) is 8.36. The van der Waals surface area contributed by atoms with E-state index in [0.717, 1.165) is 51.4 Å². The van der Waals surface area contributed by atoms with Gasteiger partial charge in [0.2, 0.25) is 0 Å². The van der Waals surface area contributed by atoms with Crippen molar-refractivity contribution in [3.8, 4) is 0 Å². The first-order valence-electron chi connectivity index (χ1n) is 13.7. The number of carbonyl (C=O) groups is 1. The number of allylic oxidation sites excluding steroid dienone is 1. The van der Waals surface area contributed by atoms with Gasteiger partial charge in [-0.1, -0.05) is 51.9 Å². The van der Waals surface area contributed by atoms with Gasteiger partial charge in [-0.15, -0.1) is 0 Å². The summed E-state index contributed by atoms with van der Waals surface area (Å²) in [5.74, 6) is 0.841. The second-order valence-corrected chi connectivity index (χ2v) is 18.4. The fourth-order valence-electron chi connectivity index (χ4n) is 7.32. The lowest BCUT2D eigenvalue weighted by atomic mass is 9.51. The van der Waals surface area contributed by atoms with Gasteiger partial charge in [-0.2, -0.15) is 0 Å². The molecule has 3 rings (SSSR count). The number of hydrogen-bond donors (Lipinski definition) is 0. The van der Waals surface area contributed by atoms with Gasteiger partial charge in [0, 0.05) is 36.3 Å². The molecule has 2 unspecified atom stereocenters. The van der Waals surface area contributed by atoms with Crippen molar-refractivity contribution in [1.82, 2.24) is 0 Å². The molecule has 35 heavy (non-hydrogen) atoms. The van der Waals surface area contributed by atoms with E-state index in [0.29, 0.717) is 24.3 Å². The van der Waals surface area contributed by atoms with Gasteiger partial charge in [0.1, 0.15) is 6.10 Å². The largest absolute Gasteiger partial charge is 0.462 e. The van der Waals surface area contributed by atoms with E-state index in [1.807, 2.05) is 0 Å². The standard InChI is InChI=1S/C28H49N3O3Si/c1-19-10-11-23-25(33-20(2)32)24(13-16-27(19,23)6)28(7)15-12-22(18-21(28)14-17-30-31-29)34-35(8,9)26(3,4)5/h21-25H,1,10-18H2,2-9H3/t21-,22-,23?,24?,25-,27+,28-/m0/s1. The zero-order valence-corrected chi connectivity index (χ0v) is 24.5. The first-order chi connectivity index (χ1) is 16.2. The average molecular weight is 504 g/mol. The Labute approximate surface area is 214 Å². The van der Waals surface area contributed by atoms with Crippen molar-refractivity contribution in [2.75, 3.05) is 6.54 Å². The molecule has 0 aromatic carbocycles. The first-order valence-corrected chi connectivity index (χ1v) is 16.6. The van der Waals surface area contributed by atoms with Crippen LogP contribution in [-0.2, 0) is 14.0 Å². The monoisotopic (exact) mass is 503 g/mol. The number of azide groups is 1. The number of carbonyl (C=O) groups excluding carboxylic acids is 1. The molecule has 0 aromatic heterocycles. The van der Waals surface area contributed by atoms with Crippen LogP contribution in [0.25, 0.3) is 10.4 Å². The zero-order valence-electron chi connectivity index (χ0n) is 23.5. The number of hydrogen-bond acceptors (Lipinski definition) is 4. The van der Waals surface area contributed by atoms with Crippen LogP contribution in [0, 0.1) is 28.6 Å². The van der Waals surface area contributed by atoms with Gasteiger partial charge in [0.15, 0.2) is 8.32 Å². The summed E-state index contributed by atoms with van der Waals surface area (Å²) in [6.45, 7) is 22.8. The van der Waals surface area contributed by atoms with Gasteiger partial charge in [-0.3, -0.25) is 4.79 Å². The van der Waals surface area contributed by atoms with Crippen LogP contribution in [0.15, 0.2) is 17.3 Å². The second kappa shape index (κ2) is 10.2. The minimum absolute atomic E-state index is 0.0175. The van der Waals surface area contributed by atoms with Crippen molar-refractivity contribution in [3.05, 3.63) is 22.6 Å². The summed E-state index contributed by atoms with van der Waals surface area (Å²) >= 11 is 0. The summed E-state index contributed by atoms with van der Waals surface area (Å²) < 4.78 is 13.1. The Bertz CT molecular complexity index is 862. The molecule has 3 saturated carbocycles. The highest BCUT2D eigenvalue weighted by atomic mass is 28.4. The van der Waals surface area contributed by atoms with Crippen LogP contribution in [0.5, 0.6) is 0 Å². The van der Waals surface area contributed by atoms with Crippen LogP contribution >= 0.6 is 0 Å². The molecule has 3 fully saturated rings. The quantitative estimate of drug-likeness (QED) is 0.0876. The number of ether oxygens (including phenoxy) is 1. The Morgan fingerprint density at radius 1 is 1.20 bits per heavy atom. The molecule has 3 aliphatic carbocycles. The molecule has 0 saturated heterocycles. The molecule has 0 spiro atoms. The van der Waals surface area contributed by atoms with Crippen molar-refractivity contribution in [2.24, 2.45) is 33.7 Å². The van der Waals surface area contributed by atoms with Gasteiger partial charge in [0.05, 0.1) is 0 Å². The van der Waals surface area contributed by atoms with Crippen LogP contribution in [0.1, 0.15) is 92.9 Å². The third-order valence-electron chi connectivity index (χ3n) is 10.7. The van der Waals surface area contributed by atoms with E-state index in [1.54, 1.807) is 6.92 Å². The summed E-state index contributed by atoms with van der Waals surface area (Å²) in [5.41, 5.74) is 10.4. The van der Waals surface area contributed by atoms with Crippen LogP contribution in [0.4, 0.5) is 0 Å². The Morgan fingerprint density at radius 3 is 2.49 bits per heavy atom. The van der Waals surface area contributed by atoms with Crippen LogP contribution in [0.3, 0.4) is 0 Å². The number of esters is 1. The average Bonchev–Trinajstić information content (AvgIpc) is 3.04. The summed E-state index contributed by atoms with van der Waals surface area (Å²) in [4.78, 5) is 15.3. The lowest BCUT2D eigenvalue weighted by molar-refractivity contribution is -0.173. The molecule has 0 bridgehead atoms. The molecule has 7 atom stereocenters. The predicted molar refractivity (Wildman–Crippen MR) is 144 cm³/mol. The Morgan fingerprint density at radius 2 is 1.89 bits per heavy atom. The van der Waals surface area contributed by atoms with Crippen LogP contribution in [0.2, 0.25) is 18.1 Å². The third kappa shape index (κ3) is 5.52. The van der Waals surface area contributed by atoms with Crippen molar-refractivity contribution in [1.29, 1.82) is 0 Å². The van der Waals surface area contributed by atoms with E-state index in [4.69, 9.17) is 14.7 Å². The number of fused-ring (bicyclic) bond motifs is 1. The molecule has 6 nitrogen and oxygen atoms in total. The summed E-state index contributed by atoms with van der Waals surface area (Å²) in [5, 5.41) is 4.08. The van der Waals surface area contributed by atoms with Crippen LogP contribution < -0.4 is 0 Å². The normalized spacial score (nSPS) is 37.9. The zero-order chi connectivity index (χ0) is 26.2. The molecule has 0 aliphatic heterocycles. The lowest BCUT2D eigenvalue weighted by Crippen LogP contribution is -2.55. The van der Waals surface area contributed by atoms with E-state index >= 15 is 0 Å². The molecule has 3 aliphatic rings. The number of rotatable bonds is 7. The fraction of sp³-hybridized carbons (Fsp3) is 0.893. The minimum Gasteiger partial charge on any atom is -0.462 e. The van der Waals surface area contributed by atoms with Crippen molar-refractivity contribution >= 4 is 14.3 Å². The SMILES string of the molecule is C=C1CCC2[C@H](OC(C)=O)C([C@@]3(C)CC[C@H](O[Si](C)(C)C(C)(C)C)C[C@@H]3CCN=[N+]=[N-])CC[C@]12C. The van der Waals surface area contributed by atoms with E-state index in [-0.39, 0.29) is 34.0 Å². The summed E-state index contributed by atoms with van der Waals surface area (Å²) in [7, 11) is -1.88. The smallest absolute Gasteiger partial charge is 0.302 e. The van der Waals surface area contributed by atoms with Gasteiger partial charge in [-0.25, -0.2) is 0 Å². The maximum atomic E-state index is 12.3. The highest BCUT2D eigenvalue weighted by molar-refractivity contribution is 6.74. The molecular formula is C28H49N3O3Si. The molecule has 0 radical (unpaired) electrons. The molecular weight excluding hydrogens is 454 g/mol. The molecule has 0 amide bonds. The molecule has 0 N–H and O–H groups in total. The topological polar surface area (TPSA) is 84.3 Å². The van der Waals surface area contributed by atoms with E-state index in [1.165, 1.54) is 5.57 Å². The van der Waals surface area contributed by atoms with Crippen molar-refractivity contribution in [3.63, 3.8) is 0 Å². The second-order valence-electron chi connectivity index (χ2n) is 13.6. The predicted octanol–water partition coefficient (Wildman–Crippen LogP) is 8.20. The molecule has 7 heteroatoms. The highest BCUT2D eigenvalue weighted by Crippen LogP contribution is 2.62. The van der Waals surface area contributed by atoms with Gasteiger partial charge < -0.3 is 9.16 Å². The minimum atomic E-state index is -1.88. The Kier molecular flexibility index (Phi) is 8.25. The maximum absolute atomic E-state index is 12.3. The van der Waals surface area contributed by atoms with Gasteiger partial charge >= 0.3 is 5.97 Å².